The van der Waals surface area contributed by atoms with Gasteiger partial charge in [-0.15, -0.1) is 0 Å². The first-order chi connectivity index (χ1) is 20.1. The zero-order chi connectivity index (χ0) is 30.0. The van der Waals surface area contributed by atoms with E-state index >= 15 is 0 Å². The number of fused-ring (bicyclic) bond motifs is 1. The Labute approximate surface area is 242 Å². The maximum atomic E-state index is 14.9. The van der Waals surface area contributed by atoms with Gasteiger partial charge >= 0.3 is 12.0 Å². The highest BCUT2D eigenvalue weighted by Crippen LogP contribution is 2.40. The molecule has 3 aliphatic rings. The minimum atomic E-state index is -3.57. The van der Waals surface area contributed by atoms with E-state index in [0.29, 0.717) is 49.5 Å². The van der Waals surface area contributed by atoms with Gasteiger partial charge in [-0.2, -0.15) is 13.8 Å². The Morgan fingerprint density at radius 1 is 1.17 bits per heavy atom. The van der Waals surface area contributed by atoms with Crippen molar-refractivity contribution in [3.05, 3.63) is 30.0 Å². The van der Waals surface area contributed by atoms with Gasteiger partial charge in [-0.05, 0) is 50.8 Å². The topological polar surface area (TPSA) is 140 Å². The van der Waals surface area contributed by atoms with Gasteiger partial charge in [-0.3, -0.25) is 9.59 Å². The van der Waals surface area contributed by atoms with Crippen LogP contribution in [-0.2, 0) is 4.79 Å². The number of ether oxygens (including phenoxy) is 1. The molecule has 1 saturated carbocycles. The maximum Gasteiger partial charge on any atom is 0.407 e. The predicted molar refractivity (Wildman–Crippen MR) is 151 cm³/mol. The number of hydrogen-bond acceptors (Lipinski definition) is 8. The third kappa shape index (κ3) is 6.02. The Bertz CT molecular complexity index is 1350. The molecule has 2 aliphatic heterocycles. The van der Waals surface area contributed by atoms with Crippen molar-refractivity contribution in [1.29, 1.82) is 0 Å². The number of anilines is 4. The van der Waals surface area contributed by atoms with Crippen molar-refractivity contribution < 1.29 is 33.0 Å². The molecule has 0 unspecified atom stereocenters. The molecule has 3 amide bonds. The number of likely N-dealkylation sites (tertiary alicyclic amines) is 1. The Morgan fingerprint density at radius 2 is 1.88 bits per heavy atom. The second kappa shape index (κ2) is 11.9. The van der Waals surface area contributed by atoms with Crippen LogP contribution in [0.3, 0.4) is 0 Å². The second-order valence-corrected chi connectivity index (χ2v) is 10.8. The number of carboxylic acid groups (broad SMARTS) is 1. The molecule has 1 aliphatic carbocycles. The summed E-state index contributed by atoms with van der Waals surface area (Å²) in [6.07, 6.45) is 4.75. The lowest BCUT2D eigenvalue weighted by Gasteiger charge is -2.31. The Morgan fingerprint density at radius 3 is 2.55 bits per heavy atom. The van der Waals surface area contributed by atoms with Crippen LogP contribution in [0.4, 0.5) is 36.7 Å². The largest absolute Gasteiger partial charge is 0.492 e. The lowest BCUT2D eigenvalue weighted by atomic mass is 10.0. The summed E-state index contributed by atoms with van der Waals surface area (Å²) >= 11 is 0. The molecule has 42 heavy (non-hydrogen) atoms. The molecule has 1 aromatic heterocycles. The number of hydrogen-bond donors (Lipinski definition) is 3. The normalized spacial score (nSPS) is 19.3. The Hall–Kier alpha value is -4.23. The number of carbonyl (C=O) groups excluding carboxylic acids is 2. The monoisotopic (exact) mass is 587 g/mol. The number of alkyl halides is 2. The number of aromatic nitrogens is 2. The molecule has 2 fully saturated rings. The smallest absolute Gasteiger partial charge is 0.407 e. The van der Waals surface area contributed by atoms with Gasteiger partial charge < -0.3 is 35.2 Å². The number of nitrogens with one attached hydrogen (secondary N) is 2. The summed E-state index contributed by atoms with van der Waals surface area (Å²) in [5.41, 5.74) is 1.04. The number of piperidine rings is 1. The minimum Gasteiger partial charge on any atom is -0.492 e. The fraction of sp³-hybridized carbons (Fsp3) is 0.536. The third-order valence-corrected chi connectivity index (χ3v) is 8.03. The van der Waals surface area contributed by atoms with Crippen LogP contribution in [0.1, 0.15) is 55.8 Å². The van der Waals surface area contributed by atoms with Gasteiger partial charge in [0.05, 0.1) is 25.0 Å². The number of halogens is 2. The molecule has 1 aromatic carbocycles. The summed E-state index contributed by atoms with van der Waals surface area (Å²) < 4.78 is 35.6. The fourth-order valence-corrected chi connectivity index (χ4v) is 5.75. The molecule has 0 atom stereocenters. The Kier molecular flexibility index (Phi) is 8.32. The first-order valence-corrected chi connectivity index (χ1v) is 14.2. The Balaban J connectivity index is 1.37. The third-order valence-electron chi connectivity index (χ3n) is 8.03. The van der Waals surface area contributed by atoms with E-state index in [4.69, 9.17) is 9.84 Å². The summed E-state index contributed by atoms with van der Waals surface area (Å²) in [7, 11) is 1.30. The highest BCUT2D eigenvalue weighted by molar-refractivity contribution is 6.02. The van der Waals surface area contributed by atoms with Crippen molar-refractivity contribution in [3.8, 4) is 5.75 Å². The van der Waals surface area contributed by atoms with Crippen molar-refractivity contribution in [3.63, 3.8) is 0 Å². The van der Waals surface area contributed by atoms with Gasteiger partial charge in [0.15, 0.2) is 5.82 Å². The standard InChI is InChI=1S/C28H35F2N7O5/c1-3-42-22-14-17(24(38)32-18-10-12-36(13-11-18)27(40)41)8-9-20(22)33-26-31-15-21-23(34-26)37(19-6-4-5-7-19)16-28(29,30)25(39)35(21)2/h8-9,14-15,18-19H,3-7,10-13,16H2,1-2H3,(H,32,38)(H,40,41)(H,31,33,34). The lowest BCUT2D eigenvalue weighted by Crippen LogP contribution is -2.48. The second-order valence-electron chi connectivity index (χ2n) is 10.8. The van der Waals surface area contributed by atoms with E-state index in [9.17, 15) is 23.2 Å². The van der Waals surface area contributed by atoms with Gasteiger partial charge in [-0.25, -0.2) is 9.78 Å². The van der Waals surface area contributed by atoms with Crippen LogP contribution >= 0.6 is 0 Å². The van der Waals surface area contributed by atoms with Crippen LogP contribution in [-0.4, -0.2) is 89.2 Å². The van der Waals surface area contributed by atoms with Gasteiger partial charge in [0.1, 0.15) is 11.4 Å². The SMILES string of the molecule is CCOc1cc(C(=O)NC2CCN(C(=O)O)CC2)ccc1Nc1ncc2c(n1)N(C1CCCC1)CC(F)(F)C(=O)N2C. The van der Waals surface area contributed by atoms with E-state index in [2.05, 4.69) is 20.6 Å². The molecule has 0 spiro atoms. The average Bonchev–Trinajstić information content (AvgIpc) is 3.49. The van der Waals surface area contributed by atoms with Crippen molar-refractivity contribution in [2.45, 2.75) is 63.5 Å². The molecule has 226 valence electrons. The first kappa shape index (κ1) is 29.3. The number of nitrogens with zero attached hydrogens (tertiary/aromatic N) is 5. The molecule has 14 heteroatoms. The molecule has 0 bridgehead atoms. The van der Waals surface area contributed by atoms with Crippen molar-refractivity contribution in [2.75, 3.05) is 48.4 Å². The summed E-state index contributed by atoms with van der Waals surface area (Å²) in [6.45, 7) is 2.07. The summed E-state index contributed by atoms with van der Waals surface area (Å²) in [5, 5.41) is 15.2. The van der Waals surface area contributed by atoms with Crippen molar-refractivity contribution >= 4 is 41.0 Å². The summed E-state index contributed by atoms with van der Waals surface area (Å²) in [4.78, 5) is 49.3. The maximum absolute atomic E-state index is 14.9. The van der Waals surface area contributed by atoms with E-state index < -0.39 is 24.5 Å². The van der Waals surface area contributed by atoms with E-state index in [1.54, 1.807) is 25.1 Å². The highest BCUT2D eigenvalue weighted by Gasteiger charge is 2.48. The molecular formula is C28H35F2N7O5. The zero-order valence-electron chi connectivity index (χ0n) is 23.6. The van der Waals surface area contributed by atoms with Crippen LogP contribution in [0.25, 0.3) is 0 Å². The van der Waals surface area contributed by atoms with E-state index in [1.165, 1.54) is 23.0 Å². The fourth-order valence-electron chi connectivity index (χ4n) is 5.75. The van der Waals surface area contributed by atoms with Gasteiger partial charge in [0.2, 0.25) is 5.95 Å². The highest BCUT2D eigenvalue weighted by atomic mass is 19.3. The summed E-state index contributed by atoms with van der Waals surface area (Å²) in [6, 6.07) is 4.56. The molecule has 2 aromatic rings. The quantitative estimate of drug-likeness (QED) is 0.441. The van der Waals surface area contributed by atoms with Crippen LogP contribution in [0.15, 0.2) is 24.4 Å². The number of rotatable bonds is 7. The van der Waals surface area contributed by atoms with Crippen LogP contribution in [0.5, 0.6) is 5.75 Å². The van der Waals surface area contributed by atoms with Crippen molar-refractivity contribution in [2.24, 2.45) is 0 Å². The minimum absolute atomic E-state index is 0.131. The van der Waals surface area contributed by atoms with Crippen LogP contribution in [0.2, 0.25) is 0 Å². The van der Waals surface area contributed by atoms with Crippen molar-refractivity contribution in [1.82, 2.24) is 20.2 Å². The summed E-state index contributed by atoms with van der Waals surface area (Å²) in [5.74, 6) is -4.42. The number of amides is 3. The molecule has 3 heterocycles. The average molecular weight is 588 g/mol. The molecule has 3 N–H and O–H groups in total. The van der Waals surface area contributed by atoms with E-state index in [1.807, 2.05) is 0 Å². The molecular weight excluding hydrogens is 552 g/mol. The van der Waals surface area contributed by atoms with Crippen LogP contribution < -0.4 is 25.2 Å². The first-order valence-electron chi connectivity index (χ1n) is 14.2. The predicted octanol–water partition coefficient (Wildman–Crippen LogP) is 3.85. The molecule has 1 saturated heterocycles. The lowest BCUT2D eigenvalue weighted by molar-refractivity contribution is -0.140. The molecule has 0 radical (unpaired) electrons. The van der Waals surface area contributed by atoms with E-state index in [0.717, 1.165) is 30.6 Å². The van der Waals surface area contributed by atoms with Gasteiger partial charge in [0.25, 0.3) is 11.8 Å². The van der Waals surface area contributed by atoms with Gasteiger partial charge in [0, 0.05) is 37.8 Å². The van der Waals surface area contributed by atoms with E-state index in [-0.39, 0.29) is 35.4 Å². The molecule has 5 rings (SSSR count). The molecule has 12 nitrogen and oxygen atoms in total. The number of carbonyl (C=O) groups is 3. The van der Waals surface area contributed by atoms with Crippen LogP contribution in [0, 0.1) is 0 Å². The number of benzene rings is 1. The van der Waals surface area contributed by atoms with Gasteiger partial charge in [-0.1, -0.05) is 12.8 Å². The zero-order valence-corrected chi connectivity index (χ0v) is 23.6.